The molecule has 0 spiro atoms. The van der Waals surface area contributed by atoms with Crippen LogP contribution in [0.4, 0.5) is 10.2 Å². The first-order valence-corrected chi connectivity index (χ1v) is 6.29. The van der Waals surface area contributed by atoms with Gasteiger partial charge >= 0.3 is 0 Å². The van der Waals surface area contributed by atoms with E-state index < -0.39 is 5.82 Å². The van der Waals surface area contributed by atoms with E-state index in [1.807, 2.05) is 24.3 Å². The van der Waals surface area contributed by atoms with Gasteiger partial charge in [0.25, 0.3) is 0 Å². The monoisotopic (exact) mass is 276 g/mol. The Balaban J connectivity index is 2.01. The Labute approximate surface area is 117 Å². The first-order chi connectivity index (χ1) is 9.61. The van der Waals surface area contributed by atoms with E-state index in [0.29, 0.717) is 24.5 Å². The van der Waals surface area contributed by atoms with E-state index in [-0.39, 0.29) is 5.82 Å². The van der Waals surface area contributed by atoms with E-state index in [1.165, 1.54) is 6.07 Å². The van der Waals surface area contributed by atoms with Crippen molar-refractivity contribution in [3.8, 4) is 11.6 Å². The summed E-state index contributed by atoms with van der Waals surface area (Å²) in [6.45, 7) is 2.15. The molecule has 1 aromatic heterocycles. The summed E-state index contributed by atoms with van der Waals surface area (Å²) in [4.78, 5) is 3.90. The molecular weight excluding hydrogens is 259 g/mol. The predicted molar refractivity (Wildman–Crippen MR) is 75.5 cm³/mol. The quantitative estimate of drug-likeness (QED) is 0.912. The lowest BCUT2D eigenvalue weighted by molar-refractivity contribution is 0.304. The number of aromatic nitrogens is 1. The maximum atomic E-state index is 13.2. The number of ether oxygens (including phenoxy) is 2. The summed E-state index contributed by atoms with van der Waals surface area (Å²) in [6, 6.07) is 9.05. The standard InChI is InChI=1S/C15H17FN2O2/c1-10-9-12(16)14(17)18-15(10)20-8-7-11-5-3-4-6-13(11)19-2/h3-6,9H,7-8H2,1-2H3,(H2,17,18). The van der Waals surface area contributed by atoms with Crippen molar-refractivity contribution in [3.05, 3.63) is 47.3 Å². The van der Waals surface area contributed by atoms with E-state index in [2.05, 4.69) is 4.98 Å². The molecule has 106 valence electrons. The van der Waals surface area contributed by atoms with Crippen molar-refractivity contribution in [2.75, 3.05) is 19.5 Å². The van der Waals surface area contributed by atoms with Crippen LogP contribution < -0.4 is 15.2 Å². The number of halogens is 1. The minimum absolute atomic E-state index is 0.150. The zero-order chi connectivity index (χ0) is 14.5. The van der Waals surface area contributed by atoms with Crippen LogP contribution in [0.2, 0.25) is 0 Å². The Hall–Kier alpha value is -2.30. The van der Waals surface area contributed by atoms with Crippen LogP contribution >= 0.6 is 0 Å². The number of nitrogens with two attached hydrogens (primary N) is 1. The third kappa shape index (κ3) is 3.17. The van der Waals surface area contributed by atoms with Gasteiger partial charge in [-0.25, -0.2) is 4.39 Å². The van der Waals surface area contributed by atoms with Gasteiger partial charge in [-0.15, -0.1) is 0 Å². The second-order valence-electron chi connectivity index (χ2n) is 4.39. The second-order valence-corrected chi connectivity index (χ2v) is 4.39. The molecule has 4 nitrogen and oxygen atoms in total. The van der Waals surface area contributed by atoms with E-state index in [4.69, 9.17) is 15.2 Å². The molecule has 0 aliphatic rings. The van der Waals surface area contributed by atoms with Crippen LogP contribution in [0, 0.1) is 12.7 Å². The fraction of sp³-hybridized carbons (Fsp3) is 0.267. The third-order valence-electron chi connectivity index (χ3n) is 2.95. The molecule has 2 aromatic rings. The van der Waals surface area contributed by atoms with Gasteiger partial charge < -0.3 is 15.2 Å². The zero-order valence-electron chi connectivity index (χ0n) is 11.5. The summed E-state index contributed by atoms with van der Waals surface area (Å²) < 4.78 is 24.0. The number of benzene rings is 1. The number of aryl methyl sites for hydroxylation is 1. The Morgan fingerprint density at radius 1 is 1.30 bits per heavy atom. The normalized spacial score (nSPS) is 10.3. The van der Waals surface area contributed by atoms with Crippen molar-refractivity contribution in [1.82, 2.24) is 4.98 Å². The molecule has 0 saturated heterocycles. The highest BCUT2D eigenvalue weighted by molar-refractivity contribution is 5.38. The van der Waals surface area contributed by atoms with Crippen molar-refractivity contribution in [2.24, 2.45) is 0 Å². The van der Waals surface area contributed by atoms with Gasteiger partial charge in [-0.2, -0.15) is 4.98 Å². The molecule has 0 aliphatic carbocycles. The molecule has 0 fully saturated rings. The van der Waals surface area contributed by atoms with E-state index in [9.17, 15) is 4.39 Å². The maximum Gasteiger partial charge on any atom is 0.218 e. The minimum Gasteiger partial charge on any atom is -0.496 e. The maximum absolute atomic E-state index is 13.2. The zero-order valence-corrected chi connectivity index (χ0v) is 11.5. The summed E-state index contributed by atoms with van der Waals surface area (Å²) in [5.41, 5.74) is 7.10. The Bertz CT molecular complexity index is 602. The molecule has 2 rings (SSSR count). The molecule has 2 N–H and O–H groups in total. The van der Waals surface area contributed by atoms with Gasteiger partial charge in [-0.05, 0) is 24.6 Å². The topological polar surface area (TPSA) is 57.4 Å². The fourth-order valence-electron chi connectivity index (χ4n) is 1.89. The average Bonchev–Trinajstić information content (AvgIpc) is 2.45. The molecule has 0 bridgehead atoms. The van der Waals surface area contributed by atoms with Crippen LogP contribution in [0.1, 0.15) is 11.1 Å². The third-order valence-corrected chi connectivity index (χ3v) is 2.95. The van der Waals surface area contributed by atoms with Crippen molar-refractivity contribution >= 4 is 5.82 Å². The number of pyridine rings is 1. The van der Waals surface area contributed by atoms with Crippen LogP contribution in [-0.2, 0) is 6.42 Å². The number of methoxy groups -OCH3 is 1. The summed E-state index contributed by atoms with van der Waals surface area (Å²) in [5, 5.41) is 0. The molecule has 0 radical (unpaired) electrons. The molecule has 0 unspecified atom stereocenters. The summed E-state index contributed by atoms with van der Waals surface area (Å²) >= 11 is 0. The Kier molecular flexibility index (Phi) is 4.40. The molecule has 0 saturated carbocycles. The number of anilines is 1. The van der Waals surface area contributed by atoms with Crippen molar-refractivity contribution in [3.63, 3.8) is 0 Å². The van der Waals surface area contributed by atoms with Gasteiger partial charge in [0, 0.05) is 12.0 Å². The van der Waals surface area contributed by atoms with Gasteiger partial charge in [-0.1, -0.05) is 18.2 Å². The first-order valence-electron chi connectivity index (χ1n) is 6.29. The van der Waals surface area contributed by atoms with Crippen LogP contribution in [0.25, 0.3) is 0 Å². The Morgan fingerprint density at radius 3 is 2.80 bits per heavy atom. The van der Waals surface area contributed by atoms with E-state index in [1.54, 1.807) is 14.0 Å². The van der Waals surface area contributed by atoms with Gasteiger partial charge in [0.1, 0.15) is 5.75 Å². The average molecular weight is 276 g/mol. The molecule has 0 atom stereocenters. The Morgan fingerprint density at radius 2 is 2.05 bits per heavy atom. The van der Waals surface area contributed by atoms with Crippen LogP contribution in [0.15, 0.2) is 30.3 Å². The summed E-state index contributed by atoms with van der Waals surface area (Å²) in [7, 11) is 1.63. The van der Waals surface area contributed by atoms with E-state index in [0.717, 1.165) is 11.3 Å². The summed E-state index contributed by atoms with van der Waals surface area (Å²) in [5.74, 6) is 0.501. The lowest BCUT2D eigenvalue weighted by atomic mass is 10.1. The fourth-order valence-corrected chi connectivity index (χ4v) is 1.89. The molecule has 20 heavy (non-hydrogen) atoms. The number of hydrogen-bond donors (Lipinski definition) is 1. The number of para-hydroxylation sites is 1. The highest BCUT2D eigenvalue weighted by Gasteiger charge is 2.08. The number of nitrogen functional groups attached to an aromatic ring is 1. The van der Waals surface area contributed by atoms with Crippen molar-refractivity contribution in [1.29, 1.82) is 0 Å². The predicted octanol–water partition coefficient (Wildman–Crippen LogP) is 2.74. The first kappa shape index (κ1) is 14.1. The van der Waals surface area contributed by atoms with Crippen LogP contribution in [-0.4, -0.2) is 18.7 Å². The molecular formula is C15H17FN2O2. The number of hydrogen-bond acceptors (Lipinski definition) is 4. The highest BCUT2D eigenvalue weighted by atomic mass is 19.1. The van der Waals surface area contributed by atoms with Crippen LogP contribution in [0.5, 0.6) is 11.6 Å². The molecule has 1 aromatic carbocycles. The number of rotatable bonds is 5. The molecule has 1 heterocycles. The molecule has 5 heteroatoms. The SMILES string of the molecule is COc1ccccc1CCOc1nc(N)c(F)cc1C. The lowest BCUT2D eigenvalue weighted by Gasteiger charge is -2.11. The van der Waals surface area contributed by atoms with E-state index >= 15 is 0 Å². The van der Waals surface area contributed by atoms with Gasteiger partial charge in [0.15, 0.2) is 11.6 Å². The molecule has 0 aliphatic heterocycles. The number of nitrogens with zero attached hydrogens (tertiary/aromatic N) is 1. The largest absolute Gasteiger partial charge is 0.496 e. The van der Waals surface area contributed by atoms with Gasteiger partial charge in [0.05, 0.1) is 13.7 Å². The highest BCUT2D eigenvalue weighted by Crippen LogP contribution is 2.21. The van der Waals surface area contributed by atoms with Crippen molar-refractivity contribution < 1.29 is 13.9 Å². The minimum atomic E-state index is -0.528. The lowest BCUT2D eigenvalue weighted by Crippen LogP contribution is -2.07. The molecule has 0 amide bonds. The van der Waals surface area contributed by atoms with Crippen molar-refractivity contribution in [2.45, 2.75) is 13.3 Å². The van der Waals surface area contributed by atoms with Gasteiger partial charge in [-0.3, -0.25) is 0 Å². The van der Waals surface area contributed by atoms with Gasteiger partial charge in [0.2, 0.25) is 5.88 Å². The smallest absolute Gasteiger partial charge is 0.218 e. The van der Waals surface area contributed by atoms with Crippen LogP contribution in [0.3, 0.4) is 0 Å². The summed E-state index contributed by atoms with van der Waals surface area (Å²) in [6.07, 6.45) is 0.669. The second kappa shape index (κ2) is 6.23.